The number of nitrogens with zero attached hydrogens (tertiary/aromatic N) is 2. The lowest BCUT2D eigenvalue weighted by Gasteiger charge is -2.07. The first kappa shape index (κ1) is 11.7. The molecular weight excluding hydrogens is 192 g/mol. The van der Waals surface area contributed by atoms with E-state index in [1.54, 1.807) is 6.92 Å². The number of hydrogen-bond donors (Lipinski definition) is 3. The Labute approximate surface area is 89.7 Å². The van der Waals surface area contributed by atoms with Crippen molar-refractivity contribution in [2.24, 2.45) is 0 Å². The van der Waals surface area contributed by atoms with Crippen LogP contribution in [0.1, 0.15) is 25.5 Å². The van der Waals surface area contributed by atoms with E-state index in [2.05, 4.69) is 15.3 Å². The second kappa shape index (κ2) is 5.50. The molecule has 1 aromatic rings. The van der Waals surface area contributed by atoms with Gasteiger partial charge in [0.25, 0.3) is 0 Å². The lowest BCUT2D eigenvalue weighted by atomic mass is 10.2. The van der Waals surface area contributed by atoms with Gasteiger partial charge >= 0.3 is 0 Å². The third kappa shape index (κ3) is 4.60. The number of nitrogens with two attached hydrogens (primary N) is 1. The Hall–Kier alpha value is -1.36. The highest BCUT2D eigenvalue weighted by Crippen LogP contribution is 2.07. The fraction of sp³-hybridized carbons (Fsp3) is 0.600. The first-order valence-corrected chi connectivity index (χ1v) is 5.11. The van der Waals surface area contributed by atoms with Crippen LogP contribution in [0.5, 0.6) is 0 Å². The van der Waals surface area contributed by atoms with Crippen LogP contribution in [0, 0.1) is 6.92 Å². The highest BCUT2D eigenvalue weighted by atomic mass is 16.3. The van der Waals surface area contributed by atoms with E-state index in [0.29, 0.717) is 0 Å². The summed E-state index contributed by atoms with van der Waals surface area (Å²) in [6.07, 6.45) is 1.44. The van der Waals surface area contributed by atoms with E-state index in [0.717, 1.165) is 30.9 Å². The van der Waals surface area contributed by atoms with Gasteiger partial charge in [-0.1, -0.05) is 0 Å². The first-order valence-electron chi connectivity index (χ1n) is 5.11. The maximum atomic E-state index is 9.06. The van der Waals surface area contributed by atoms with Crippen LogP contribution in [0.4, 0.5) is 11.8 Å². The van der Waals surface area contributed by atoms with Gasteiger partial charge in [0, 0.05) is 18.3 Å². The van der Waals surface area contributed by atoms with Crippen LogP contribution in [0.25, 0.3) is 0 Å². The largest absolute Gasteiger partial charge is 0.393 e. The topological polar surface area (TPSA) is 84.1 Å². The van der Waals surface area contributed by atoms with Crippen LogP contribution in [0.3, 0.4) is 0 Å². The second-order valence-corrected chi connectivity index (χ2v) is 3.67. The minimum atomic E-state index is -0.246. The van der Waals surface area contributed by atoms with Gasteiger partial charge < -0.3 is 16.2 Å². The number of aliphatic hydroxyl groups is 1. The number of anilines is 2. The quantitative estimate of drug-likeness (QED) is 0.630. The Bertz CT molecular complexity index is 294. The van der Waals surface area contributed by atoms with Crippen LogP contribution < -0.4 is 11.1 Å². The molecule has 0 bridgehead atoms. The van der Waals surface area contributed by atoms with Crippen LogP contribution in [0.15, 0.2) is 6.07 Å². The minimum Gasteiger partial charge on any atom is -0.393 e. The SMILES string of the molecule is Cc1cc(NCCCC(C)O)nc(N)n1. The maximum absolute atomic E-state index is 9.06. The Morgan fingerprint density at radius 3 is 2.87 bits per heavy atom. The Morgan fingerprint density at radius 1 is 1.53 bits per heavy atom. The number of nitrogen functional groups attached to an aromatic ring is 1. The molecule has 0 aliphatic heterocycles. The number of nitrogens with one attached hydrogen (secondary N) is 1. The van der Waals surface area contributed by atoms with E-state index in [1.165, 1.54) is 0 Å². The molecule has 0 saturated carbocycles. The predicted molar refractivity (Wildman–Crippen MR) is 60.6 cm³/mol. The van der Waals surface area contributed by atoms with E-state index < -0.39 is 0 Å². The normalized spacial score (nSPS) is 12.5. The van der Waals surface area contributed by atoms with Crippen molar-refractivity contribution in [3.05, 3.63) is 11.8 Å². The summed E-state index contributed by atoms with van der Waals surface area (Å²) in [5.41, 5.74) is 6.36. The summed E-state index contributed by atoms with van der Waals surface area (Å²) in [6.45, 7) is 4.44. The average Bonchev–Trinajstić information content (AvgIpc) is 2.10. The summed E-state index contributed by atoms with van der Waals surface area (Å²) >= 11 is 0. The number of aryl methyl sites for hydroxylation is 1. The molecule has 5 heteroatoms. The fourth-order valence-electron chi connectivity index (χ4n) is 1.30. The zero-order valence-electron chi connectivity index (χ0n) is 9.20. The van der Waals surface area contributed by atoms with Crippen molar-refractivity contribution in [2.45, 2.75) is 32.8 Å². The van der Waals surface area contributed by atoms with Gasteiger partial charge in [0.05, 0.1) is 6.10 Å². The third-order valence-electron chi connectivity index (χ3n) is 1.98. The van der Waals surface area contributed by atoms with E-state index >= 15 is 0 Å². The Balaban J connectivity index is 2.37. The monoisotopic (exact) mass is 210 g/mol. The summed E-state index contributed by atoms with van der Waals surface area (Å²) in [7, 11) is 0. The highest BCUT2D eigenvalue weighted by Gasteiger charge is 1.99. The number of rotatable bonds is 5. The lowest BCUT2D eigenvalue weighted by Crippen LogP contribution is -2.09. The average molecular weight is 210 g/mol. The molecule has 15 heavy (non-hydrogen) atoms. The number of aromatic nitrogens is 2. The molecule has 0 amide bonds. The molecule has 0 spiro atoms. The molecule has 0 aliphatic carbocycles. The first-order chi connectivity index (χ1) is 7.08. The van der Waals surface area contributed by atoms with Crippen molar-refractivity contribution in [1.29, 1.82) is 0 Å². The molecule has 1 aromatic heterocycles. The molecule has 1 atom stereocenters. The van der Waals surface area contributed by atoms with Crippen LogP contribution in [0.2, 0.25) is 0 Å². The van der Waals surface area contributed by atoms with Crippen molar-refractivity contribution in [2.75, 3.05) is 17.6 Å². The smallest absolute Gasteiger partial charge is 0.222 e. The van der Waals surface area contributed by atoms with Gasteiger partial charge in [-0.2, -0.15) is 4.98 Å². The second-order valence-electron chi connectivity index (χ2n) is 3.67. The van der Waals surface area contributed by atoms with Crippen molar-refractivity contribution in [3.8, 4) is 0 Å². The zero-order chi connectivity index (χ0) is 11.3. The van der Waals surface area contributed by atoms with E-state index in [1.807, 2.05) is 13.0 Å². The Morgan fingerprint density at radius 2 is 2.27 bits per heavy atom. The lowest BCUT2D eigenvalue weighted by molar-refractivity contribution is 0.183. The molecule has 1 unspecified atom stereocenters. The molecule has 0 fully saturated rings. The van der Waals surface area contributed by atoms with E-state index in [9.17, 15) is 0 Å². The van der Waals surface area contributed by atoms with Gasteiger partial charge in [-0.05, 0) is 26.7 Å². The van der Waals surface area contributed by atoms with Gasteiger partial charge in [-0.3, -0.25) is 0 Å². The molecule has 5 nitrogen and oxygen atoms in total. The molecule has 84 valence electrons. The number of aliphatic hydroxyl groups excluding tert-OH is 1. The van der Waals surface area contributed by atoms with Gasteiger partial charge in [0.1, 0.15) is 5.82 Å². The molecular formula is C10H18N4O. The third-order valence-corrected chi connectivity index (χ3v) is 1.98. The van der Waals surface area contributed by atoms with E-state index in [4.69, 9.17) is 10.8 Å². The molecule has 4 N–H and O–H groups in total. The van der Waals surface area contributed by atoms with Gasteiger partial charge in [0.15, 0.2) is 0 Å². The fourth-order valence-corrected chi connectivity index (χ4v) is 1.30. The minimum absolute atomic E-state index is 0.246. The summed E-state index contributed by atoms with van der Waals surface area (Å²) in [5, 5.41) is 12.2. The summed E-state index contributed by atoms with van der Waals surface area (Å²) in [6, 6.07) is 1.85. The molecule has 0 aliphatic rings. The summed E-state index contributed by atoms with van der Waals surface area (Å²) in [5.74, 6) is 1.03. The van der Waals surface area contributed by atoms with E-state index in [-0.39, 0.29) is 12.1 Å². The predicted octanol–water partition coefficient (Wildman–Crippen LogP) is 0.940. The molecule has 1 rings (SSSR count). The van der Waals surface area contributed by atoms with Crippen LogP contribution in [-0.2, 0) is 0 Å². The summed E-state index contributed by atoms with van der Waals surface area (Å²) < 4.78 is 0. The highest BCUT2D eigenvalue weighted by molar-refractivity contribution is 5.39. The summed E-state index contributed by atoms with van der Waals surface area (Å²) in [4.78, 5) is 8.02. The van der Waals surface area contributed by atoms with Crippen molar-refractivity contribution >= 4 is 11.8 Å². The molecule has 0 radical (unpaired) electrons. The molecule has 0 aromatic carbocycles. The van der Waals surface area contributed by atoms with Crippen molar-refractivity contribution in [3.63, 3.8) is 0 Å². The Kier molecular flexibility index (Phi) is 4.30. The zero-order valence-corrected chi connectivity index (χ0v) is 9.20. The van der Waals surface area contributed by atoms with Gasteiger partial charge in [-0.25, -0.2) is 4.98 Å². The van der Waals surface area contributed by atoms with Crippen LogP contribution in [-0.4, -0.2) is 27.7 Å². The molecule has 0 saturated heterocycles. The van der Waals surface area contributed by atoms with Crippen molar-refractivity contribution < 1.29 is 5.11 Å². The van der Waals surface area contributed by atoms with Crippen molar-refractivity contribution in [1.82, 2.24) is 9.97 Å². The standard InChI is InChI=1S/C10H18N4O/c1-7-6-9(14-10(11)13-7)12-5-3-4-8(2)15/h6,8,15H,3-5H2,1-2H3,(H3,11,12,13,14). The maximum Gasteiger partial charge on any atom is 0.222 e. The van der Waals surface area contributed by atoms with Gasteiger partial charge in [0.2, 0.25) is 5.95 Å². The van der Waals surface area contributed by atoms with Crippen LogP contribution >= 0.6 is 0 Å². The molecule has 1 heterocycles. The number of hydrogen-bond acceptors (Lipinski definition) is 5. The van der Waals surface area contributed by atoms with Gasteiger partial charge in [-0.15, -0.1) is 0 Å².